The van der Waals surface area contributed by atoms with Gasteiger partial charge in [-0.1, -0.05) is 36.4 Å². The van der Waals surface area contributed by atoms with Gasteiger partial charge in [0.05, 0.1) is 12.6 Å². The molecule has 146 valence electrons. The number of benzene rings is 1. The first-order chi connectivity index (χ1) is 13.8. The van der Waals surface area contributed by atoms with Gasteiger partial charge in [-0.05, 0) is 17.0 Å². The SMILES string of the molecule is O=C(CCN1CCOC(c2nccs2)C1)NC(c1ccccc1)c1cccs1. The summed E-state index contributed by atoms with van der Waals surface area (Å²) >= 11 is 3.28. The summed E-state index contributed by atoms with van der Waals surface area (Å²) in [6.45, 7) is 3.03. The lowest BCUT2D eigenvalue weighted by Gasteiger charge is -2.31. The fraction of sp³-hybridized carbons (Fsp3) is 0.333. The topological polar surface area (TPSA) is 54.5 Å². The van der Waals surface area contributed by atoms with E-state index in [1.165, 1.54) is 0 Å². The third-order valence-corrected chi connectivity index (χ3v) is 6.60. The molecule has 0 saturated carbocycles. The van der Waals surface area contributed by atoms with Crippen LogP contribution >= 0.6 is 22.7 Å². The molecule has 28 heavy (non-hydrogen) atoms. The molecule has 3 heterocycles. The predicted molar refractivity (Wildman–Crippen MR) is 113 cm³/mol. The average Bonchev–Trinajstić information content (AvgIpc) is 3.46. The summed E-state index contributed by atoms with van der Waals surface area (Å²) in [7, 11) is 0. The van der Waals surface area contributed by atoms with E-state index in [0.717, 1.165) is 35.1 Å². The van der Waals surface area contributed by atoms with Crippen LogP contribution in [-0.2, 0) is 9.53 Å². The van der Waals surface area contributed by atoms with Crippen LogP contribution in [0.4, 0.5) is 0 Å². The zero-order chi connectivity index (χ0) is 19.2. The fourth-order valence-electron chi connectivity index (χ4n) is 3.36. The number of carbonyl (C=O) groups is 1. The highest BCUT2D eigenvalue weighted by Crippen LogP contribution is 2.26. The second-order valence-corrected chi connectivity index (χ2v) is 8.61. The van der Waals surface area contributed by atoms with E-state index in [2.05, 4.69) is 33.4 Å². The van der Waals surface area contributed by atoms with Crippen LogP contribution in [0.1, 0.15) is 34.0 Å². The van der Waals surface area contributed by atoms with Crippen LogP contribution in [0.15, 0.2) is 59.4 Å². The molecule has 1 aliphatic rings. The molecule has 0 bridgehead atoms. The monoisotopic (exact) mass is 413 g/mol. The van der Waals surface area contributed by atoms with E-state index >= 15 is 0 Å². The highest BCUT2D eigenvalue weighted by Gasteiger charge is 2.24. The first-order valence-electron chi connectivity index (χ1n) is 9.40. The third-order valence-electron chi connectivity index (χ3n) is 4.80. The van der Waals surface area contributed by atoms with Crippen LogP contribution in [0.3, 0.4) is 0 Å². The van der Waals surface area contributed by atoms with Crippen molar-refractivity contribution in [3.05, 3.63) is 74.9 Å². The molecule has 4 rings (SSSR count). The molecular formula is C21H23N3O2S2. The van der Waals surface area contributed by atoms with Crippen molar-refractivity contribution in [2.24, 2.45) is 0 Å². The summed E-state index contributed by atoms with van der Waals surface area (Å²) in [5.41, 5.74) is 1.11. The summed E-state index contributed by atoms with van der Waals surface area (Å²) in [4.78, 5) is 20.5. The Morgan fingerprint density at radius 3 is 2.86 bits per heavy atom. The van der Waals surface area contributed by atoms with Gasteiger partial charge in [0.2, 0.25) is 5.91 Å². The van der Waals surface area contributed by atoms with Crippen LogP contribution < -0.4 is 5.32 Å². The summed E-state index contributed by atoms with van der Waals surface area (Å²) in [6.07, 6.45) is 2.29. The molecule has 1 amide bonds. The van der Waals surface area contributed by atoms with Crippen molar-refractivity contribution < 1.29 is 9.53 Å². The quantitative estimate of drug-likeness (QED) is 0.639. The fourth-order valence-corrected chi connectivity index (χ4v) is 4.84. The molecule has 1 N–H and O–H groups in total. The zero-order valence-electron chi connectivity index (χ0n) is 15.5. The number of amides is 1. The van der Waals surface area contributed by atoms with E-state index in [9.17, 15) is 4.79 Å². The van der Waals surface area contributed by atoms with Crippen LogP contribution in [0.5, 0.6) is 0 Å². The number of ether oxygens (including phenoxy) is 1. The zero-order valence-corrected chi connectivity index (χ0v) is 17.1. The normalized spacial score (nSPS) is 18.6. The largest absolute Gasteiger partial charge is 0.368 e. The molecule has 5 nitrogen and oxygen atoms in total. The van der Waals surface area contributed by atoms with Crippen LogP contribution in [0.25, 0.3) is 0 Å². The van der Waals surface area contributed by atoms with E-state index < -0.39 is 0 Å². The maximum atomic E-state index is 12.7. The van der Waals surface area contributed by atoms with Gasteiger partial charge in [-0.3, -0.25) is 9.69 Å². The van der Waals surface area contributed by atoms with Gasteiger partial charge in [-0.15, -0.1) is 22.7 Å². The third kappa shape index (κ3) is 4.86. The van der Waals surface area contributed by atoms with Crippen LogP contribution in [0.2, 0.25) is 0 Å². The van der Waals surface area contributed by atoms with Crippen molar-refractivity contribution in [2.75, 3.05) is 26.2 Å². The number of thiazole rings is 1. The highest BCUT2D eigenvalue weighted by molar-refractivity contribution is 7.10. The van der Waals surface area contributed by atoms with E-state index in [0.29, 0.717) is 13.0 Å². The average molecular weight is 414 g/mol. The molecule has 0 aliphatic carbocycles. The van der Waals surface area contributed by atoms with Crippen LogP contribution in [0, 0.1) is 0 Å². The Bertz CT molecular complexity index is 853. The standard InChI is InChI=1S/C21H23N3O2S2/c25-19(8-10-24-11-12-26-17(15-24)21-22-9-14-28-21)23-20(18-7-4-13-27-18)16-5-2-1-3-6-16/h1-7,9,13-14,17,20H,8,10-12,15H2,(H,23,25). The molecule has 2 aromatic heterocycles. The van der Waals surface area contributed by atoms with E-state index in [1.54, 1.807) is 22.7 Å². The van der Waals surface area contributed by atoms with Gasteiger partial charge in [0.1, 0.15) is 11.1 Å². The lowest BCUT2D eigenvalue weighted by Crippen LogP contribution is -2.40. The second-order valence-electron chi connectivity index (χ2n) is 6.71. The predicted octanol–water partition coefficient (Wildman–Crippen LogP) is 3.87. The first-order valence-corrected chi connectivity index (χ1v) is 11.2. The number of rotatable bonds is 7. The number of hydrogen-bond acceptors (Lipinski definition) is 6. The van der Waals surface area contributed by atoms with Crippen molar-refractivity contribution in [3.63, 3.8) is 0 Å². The molecule has 1 aromatic carbocycles. The van der Waals surface area contributed by atoms with Gasteiger partial charge >= 0.3 is 0 Å². The molecule has 2 unspecified atom stereocenters. The number of morpholine rings is 1. The smallest absolute Gasteiger partial charge is 0.222 e. The number of nitrogens with zero attached hydrogens (tertiary/aromatic N) is 2. The lowest BCUT2D eigenvalue weighted by molar-refractivity contribution is -0.122. The maximum Gasteiger partial charge on any atom is 0.222 e. The maximum absolute atomic E-state index is 12.7. The van der Waals surface area contributed by atoms with E-state index in [1.807, 2.05) is 41.2 Å². The minimum absolute atomic E-state index is 0.0139. The molecule has 0 spiro atoms. The van der Waals surface area contributed by atoms with Gasteiger partial charge in [-0.2, -0.15) is 0 Å². The molecule has 7 heteroatoms. The Balaban J connectivity index is 1.34. The van der Waals surface area contributed by atoms with Crippen LogP contribution in [-0.4, -0.2) is 42.0 Å². The van der Waals surface area contributed by atoms with Crippen molar-refractivity contribution in [2.45, 2.75) is 18.6 Å². The molecule has 3 aromatic rings. The Labute approximate surface area is 173 Å². The van der Waals surface area contributed by atoms with Gasteiger partial charge in [0.25, 0.3) is 0 Å². The molecule has 1 aliphatic heterocycles. The number of hydrogen-bond donors (Lipinski definition) is 1. The minimum Gasteiger partial charge on any atom is -0.368 e. The Kier molecular flexibility index (Phi) is 6.49. The second kappa shape index (κ2) is 9.43. The van der Waals surface area contributed by atoms with E-state index in [4.69, 9.17) is 4.74 Å². The van der Waals surface area contributed by atoms with Gasteiger partial charge in [0.15, 0.2) is 0 Å². The van der Waals surface area contributed by atoms with Crippen molar-refractivity contribution in [1.29, 1.82) is 0 Å². The summed E-state index contributed by atoms with van der Waals surface area (Å²) in [5, 5.41) is 8.24. The number of nitrogens with one attached hydrogen (secondary N) is 1. The highest BCUT2D eigenvalue weighted by atomic mass is 32.1. The number of aromatic nitrogens is 1. The van der Waals surface area contributed by atoms with Gasteiger partial charge in [-0.25, -0.2) is 4.98 Å². The Hall–Kier alpha value is -2.06. The minimum atomic E-state index is -0.0959. The molecule has 2 atom stereocenters. The number of thiophene rings is 1. The Morgan fingerprint density at radius 2 is 2.11 bits per heavy atom. The number of carbonyl (C=O) groups excluding carboxylic acids is 1. The summed E-state index contributed by atoms with van der Waals surface area (Å²) in [5.74, 6) is 0.0690. The molecule has 1 fully saturated rings. The summed E-state index contributed by atoms with van der Waals surface area (Å²) in [6, 6.07) is 14.1. The Morgan fingerprint density at radius 1 is 1.21 bits per heavy atom. The van der Waals surface area contributed by atoms with Crippen molar-refractivity contribution in [3.8, 4) is 0 Å². The molecule has 0 radical (unpaired) electrons. The van der Waals surface area contributed by atoms with Crippen molar-refractivity contribution in [1.82, 2.24) is 15.2 Å². The first kappa shape index (κ1) is 19.3. The molecular weight excluding hydrogens is 390 g/mol. The van der Waals surface area contributed by atoms with Gasteiger partial charge in [0, 0.05) is 42.5 Å². The lowest BCUT2D eigenvalue weighted by atomic mass is 10.1. The van der Waals surface area contributed by atoms with Gasteiger partial charge < -0.3 is 10.1 Å². The summed E-state index contributed by atoms with van der Waals surface area (Å²) < 4.78 is 5.84. The molecule has 1 saturated heterocycles. The van der Waals surface area contributed by atoms with E-state index in [-0.39, 0.29) is 18.1 Å². The van der Waals surface area contributed by atoms with Crippen molar-refractivity contribution >= 4 is 28.6 Å².